The van der Waals surface area contributed by atoms with Crippen molar-refractivity contribution in [3.05, 3.63) is 95.8 Å². The van der Waals surface area contributed by atoms with Crippen LogP contribution in [0.5, 0.6) is 0 Å². The van der Waals surface area contributed by atoms with Gasteiger partial charge in [-0.1, -0.05) is 67.1 Å². The number of nitrogens with one attached hydrogen (secondary N) is 1. The zero-order valence-electron chi connectivity index (χ0n) is 23.7. The highest BCUT2D eigenvalue weighted by Crippen LogP contribution is 2.27. The summed E-state index contributed by atoms with van der Waals surface area (Å²) in [4.78, 5) is 28.6. The van der Waals surface area contributed by atoms with Crippen molar-refractivity contribution in [2.75, 3.05) is 17.4 Å². The Morgan fingerprint density at radius 2 is 1.52 bits per heavy atom. The van der Waals surface area contributed by atoms with Crippen molar-refractivity contribution < 1.29 is 22.4 Å². The molecule has 3 rings (SSSR count). The van der Waals surface area contributed by atoms with Crippen LogP contribution in [0.2, 0.25) is 0 Å². The molecule has 1 atom stereocenters. The topological polar surface area (TPSA) is 86.8 Å². The Morgan fingerprint density at radius 1 is 0.925 bits per heavy atom. The lowest BCUT2D eigenvalue weighted by molar-refractivity contribution is -0.140. The number of hydrogen-bond donors (Lipinski definition) is 1. The number of rotatable bonds is 11. The smallest absolute Gasteiger partial charge is 0.264 e. The molecule has 0 unspecified atom stereocenters. The molecule has 0 saturated heterocycles. The van der Waals surface area contributed by atoms with Gasteiger partial charge in [-0.2, -0.15) is 0 Å². The van der Waals surface area contributed by atoms with Crippen molar-refractivity contribution in [1.82, 2.24) is 10.2 Å². The summed E-state index contributed by atoms with van der Waals surface area (Å²) in [6.07, 6.45) is 0.767. The van der Waals surface area contributed by atoms with Gasteiger partial charge in [-0.25, -0.2) is 12.8 Å². The monoisotopic (exact) mass is 567 g/mol. The highest BCUT2D eigenvalue weighted by Gasteiger charge is 2.35. The van der Waals surface area contributed by atoms with Crippen LogP contribution >= 0.6 is 0 Å². The van der Waals surface area contributed by atoms with Gasteiger partial charge in [0.2, 0.25) is 11.8 Å². The van der Waals surface area contributed by atoms with E-state index < -0.39 is 39.9 Å². The number of aryl methyl sites for hydroxylation is 1. The number of nitrogens with zero attached hydrogens (tertiary/aromatic N) is 2. The zero-order valence-corrected chi connectivity index (χ0v) is 24.5. The first kappa shape index (κ1) is 30.8. The van der Waals surface area contributed by atoms with Gasteiger partial charge in [-0.3, -0.25) is 13.9 Å². The molecule has 7 nitrogen and oxygen atoms in total. The van der Waals surface area contributed by atoms with Crippen LogP contribution in [0.15, 0.2) is 83.8 Å². The van der Waals surface area contributed by atoms with Crippen LogP contribution in [-0.4, -0.2) is 49.8 Å². The van der Waals surface area contributed by atoms with E-state index in [-0.39, 0.29) is 23.0 Å². The second kappa shape index (κ2) is 13.1. The lowest BCUT2D eigenvalue weighted by atomic mass is 10.1. The van der Waals surface area contributed by atoms with Gasteiger partial charge in [-0.05, 0) is 70.4 Å². The van der Waals surface area contributed by atoms with Crippen molar-refractivity contribution in [2.45, 2.75) is 63.9 Å². The van der Waals surface area contributed by atoms with Crippen molar-refractivity contribution in [1.29, 1.82) is 0 Å². The van der Waals surface area contributed by atoms with Crippen LogP contribution in [0, 0.1) is 12.7 Å². The molecule has 0 aliphatic carbocycles. The van der Waals surface area contributed by atoms with Gasteiger partial charge in [0.1, 0.15) is 18.4 Å². The normalized spacial score (nSPS) is 12.4. The number of sulfonamides is 1. The summed E-state index contributed by atoms with van der Waals surface area (Å²) in [5, 5.41) is 2.93. The Hall–Kier alpha value is -3.72. The molecule has 0 heterocycles. The van der Waals surface area contributed by atoms with Crippen LogP contribution in [0.25, 0.3) is 0 Å². The molecule has 3 aromatic carbocycles. The number of anilines is 1. The molecule has 0 spiro atoms. The predicted octanol–water partition coefficient (Wildman–Crippen LogP) is 5.09. The quantitative estimate of drug-likeness (QED) is 0.350. The molecule has 2 amide bonds. The lowest BCUT2D eigenvalue weighted by Crippen LogP contribution is -2.56. The van der Waals surface area contributed by atoms with Gasteiger partial charge in [0, 0.05) is 12.1 Å². The van der Waals surface area contributed by atoms with Crippen molar-refractivity contribution >= 4 is 27.5 Å². The summed E-state index contributed by atoms with van der Waals surface area (Å²) in [7, 11) is -4.33. The minimum absolute atomic E-state index is 0.0671. The number of carbonyl (C=O) groups excluding carboxylic acids is 2. The third kappa shape index (κ3) is 7.91. The first-order valence-electron chi connectivity index (χ1n) is 13.3. The predicted molar refractivity (Wildman–Crippen MR) is 156 cm³/mol. The highest BCUT2D eigenvalue weighted by atomic mass is 32.2. The van der Waals surface area contributed by atoms with Crippen LogP contribution in [0.3, 0.4) is 0 Å². The first-order chi connectivity index (χ1) is 18.8. The number of para-hydroxylation sites is 1. The van der Waals surface area contributed by atoms with E-state index in [0.717, 1.165) is 21.5 Å². The summed E-state index contributed by atoms with van der Waals surface area (Å²) in [6.45, 7) is 8.67. The summed E-state index contributed by atoms with van der Waals surface area (Å²) < 4.78 is 43.4. The molecule has 0 aliphatic rings. The molecule has 3 aromatic rings. The van der Waals surface area contributed by atoms with E-state index in [1.807, 2.05) is 58.0 Å². The van der Waals surface area contributed by atoms with E-state index in [9.17, 15) is 18.0 Å². The van der Waals surface area contributed by atoms with Gasteiger partial charge in [0.25, 0.3) is 10.0 Å². The molecule has 0 aliphatic heterocycles. The molecule has 214 valence electrons. The second-order valence-electron chi connectivity index (χ2n) is 10.8. The molecular formula is C31H38FN3O4S. The van der Waals surface area contributed by atoms with Gasteiger partial charge in [0.05, 0.1) is 10.6 Å². The van der Waals surface area contributed by atoms with Crippen LogP contribution in [0.1, 0.15) is 45.2 Å². The van der Waals surface area contributed by atoms with Crippen molar-refractivity contribution in [3.63, 3.8) is 0 Å². The number of amides is 2. The van der Waals surface area contributed by atoms with Crippen molar-refractivity contribution in [3.8, 4) is 0 Å². The second-order valence-corrected chi connectivity index (χ2v) is 12.6. The lowest BCUT2D eigenvalue weighted by Gasteiger charge is -2.34. The van der Waals surface area contributed by atoms with E-state index in [1.165, 1.54) is 35.2 Å². The third-order valence-electron chi connectivity index (χ3n) is 6.38. The molecule has 1 N–H and O–H groups in total. The van der Waals surface area contributed by atoms with E-state index in [2.05, 4.69) is 5.32 Å². The number of carbonyl (C=O) groups is 2. The molecule has 0 bridgehead atoms. The number of halogens is 1. The fourth-order valence-corrected chi connectivity index (χ4v) is 5.78. The van der Waals surface area contributed by atoms with Crippen molar-refractivity contribution in [2.24, 2.45) is 0 Å². The average Bonchev–Trinajstić information content (AvgIpc) is 2.89. The largest absolute Gasteiger partial charge is 0.350 e. The molecule has 0 radical (unpaired) electrons. The molecule has 0 fully saturated rings. The maximum atomic E-state index is 15.0. The fourth-order valence-electron chi connectivity index (χ4n) is 4.35. The molecule has 9 heteroatoms. The van der Waals surface area contributed by atoms with Gasteiger partial charge >= 0.3 is 0 Å². The molecule has 0 aromatic heterocycles. The minimum atomic E-state index is -4.33. The fraction of sp³-hybridized carbons (Fsp3) is 0.355. The Morgan fingerprint density at radius 3 is 2.10 bits per heavy atom. The van der Waals surface area contributed by atoms with Crippen LogP contribution in [-0.2, 0) is 26.0 Å². The maximum absolute atomic E-state index is 15.0. The van der Waals surface area contributed by atoms with E-state index in [0.29, 0.717) is 12.8 Å². The van der Waals surface area contributed by atoms with E-state index in [1.54, 1.807) is 19.1 Å². The SMILES string of the molecule is CC[C@H](C(=O)NC(C)(C)C)N(CCc1ccccc1)C(=O)CN(c1ccccc1F)S(=O)(=O)c1ccc(C)cc1. The van der Waals surface area contributed by atoms with Gasteiger partial charge in [0.15, 0.2) is 0 Å². The summed E-state index contributed by atoms with van der Waals surface area (Å²) in [6, 6.07) is 20.3. The van der Waals surface area contributed by atoms with Crippen LogP contribution < -0.4 is 9.62 Å². The summed E-state index contributed by atoms with van der Waals surface area (Å²) in [5.41, 5.74) is 1.04. The third-order valence-corrected chi connectivity index (χ3v) is 8.15. The number of hydrogen-bond acceptors (Lipinski definition) is 4. The standard InChI is InChI=1S/C31H38FN3O4S/c1-6-27(30(37)33-31(3,4)5)34(21-20-24-12-8-7-9-13-24)29(36)22-35(28-15-11-10-14-26(28)32)40(38,39)25-18-16-23(2)17-19-25/h7-19,27H,6,20-22H2,1-5H3,(H,33,37)/t27-/m1/s1. The summed E-state index contributed by atoms with van der Waals surface area (Å²) >= 11 is 0. The van der Waals surface area contributed by atoms with E-state index >= 15 is 4.39 Å². The Labute approximate surface area is 237 Å². The maximum Gasteiger partial charge on any atom is 0.264 e. The highest BCUT2D eigenvalue weighted by molar-refractivity contribution is 7.92. The van der Waals surface area contributed by atoms with E-state index in [4.69, 9.17) is 0 Å². The average molecular weight is 568 g/mol. The van der Waals surface area contributed by atoms with Gasteiger partial charge in [-0.15, -0.1) is 0 Å². The number of benzene rings is 3. The Bertz CT molecular complexity index is 1400. The minimum Gasteiger partial charge on any atom is -0.350 e. The first-order valence-corrected chi connectivity index (χ1v) is 14.8. The molecular weight excluding hydrogens is 529 g/mol. The molecule has 0 saturated carbocycles. The zero-order chi connectivity index (χ0) is 29.5. The van der Waals surface area contributed by atoms with Gasteiger partial charge < -0.3 is 10.2 Å². The Kier molecular flexibility index (Phi) is 10.1. The molecule has 40 heavy (non-hydrogen) atoms. The summed E-state index contributed by atoms with van der Waals surface area (Å²) in [5.74, 6) is -1.72. The Balaban J connectivity index is 2.03. The van der Waals surface area contributed by atoms with Crippen LogP contribution in [0.4, 0.5) is 10.1 Å².